The number of allylic oxidation sites excluding steroid dienone is 8. The van der Waals surface area contributed by atoms with Crippen LogP contribution >= 0.6 is 0 Å². The Hall–Kier alpha value is -2.08. The van der Waals surface area contributed by atoms with Gasteiger partial charge in [0, 0.05) is 5.41 Å². The summed E-state index contributed by atoms with van der Waals surface area (Å²) in [6.45, 7) is 11.7. The lowest BCUT2D eigenvalue weighted by Crippen LogP contribution is -2.29. The van der Waals surface area contributed by atoms with Gasteiger partial charge in [0.1, 0.15) is 0 Å². The number of hydrogen-bond acceptors (Lipinski definition) is 0. The highest BCUT2D eigenvalue weighted by molar-refractivity contribution is 5.95. The standard InChI is InChI=1S/C25H28/c1-6-18-12-13-21-20(14-18)15-22-23(21)16(3)17(4)25(5,7-2)24(22)19-10-8-9-11-19/h8-10,12-15H,6-7,11H2,1-5H3. The first-order valence-corrected chi connectivity index (χ1v) is 9.65. The second-order valence-electron chi connectivity index (χ2n) is 7.84. The van der Waals surface area contributed by atoms with Crippen molar-refractivity contribution < 1.29 is 0 Å². The van der Waals surface area contributed by atoms with Gasteiger partial charge in [0.05, 0.1) is 0 Å². The number of benzene rings is 1. The van der Waals surface area contributed by atoms with Crippen molar-refractivity contribution in [2.24, 2.45) is 5.41 Å². The van der Waals surface area contributed by atoms with Gasteiger partial charge in [0.15, 0.2) is 0 Å². The molecule has 25 heavy (non-hydrogen) atoms. The molecule has 128 valence electrons. The first-order chi connectivity index (χ1) is 12.0. The summed E-state index contributed by atoms with van der Waals surface area (Å²) in [6, 6.07) is 7.03. The van der Waals surface area contributed by atoms with Gasteiger partial charge in [-0.25, -0.2) is 0 Å². The molecule has 0 aromatic heterocycles. The van der Waals surface area contributed by atoms with Crippen molar-refractivity contribution in [3.63, 3.8) is 0 Å². The van der Waals surface area contributed by atoms with Gasteiger partial charge in [-0.15, -0.1) is 0 Å². The normalized spacial score (nSPS) is 24.5. The zero-order valence-electron chi connectivity index (χ0n) is 16.2. The van der Waals surface area contributed by atoms with Crippen LogP contribution in [0.5, 0.6) is 0 Å². The van der Waals surface area contributed by atoms with Gasteiger partial charge in [-0.2, -0.15) is 0 Å². The van der Waals surface area contributed by atoms with Gasteiger partial charge in [-0.1, -0.05) is 62.8 Å². The SMILES string of the molecule is CCc1ccc2c(c1)=CC1=C(C3=CC=CC3)C(C)(CC)C(C)=C(C)C=21. The summed E-state index contributed by atoms with van der Waals surface area (Å²) < 4.78 is 0. The van der Waals surface area contributed by atoms with Gasteiger partial charge in [0.2, 0.25) is 0 Å². The molecule has 0 heteroatoms. The number of rotatable bonds is 3. The second-order valence-corrected chi connectivity index (χ2v) is 7.84. The number of hydrogen-bond donors (Lipinski definition) is 0. The molecule has 0 radical (unpaired) electrons. The van der Waals surface area contributed by atoms with Gasteiger partial charge < -0.3 is 0 Å². The molecule has 0 saturated carbocycles. The van der Waals surface area contributed by atoms with E-state index in [4.69, 9.17) is 0 Å². The van der Waals surface area contributed by atoms with Crippen LogP contribution in [-0.2, 0) is 6.42 Å². The van der Waals surface area contributed by atoms with Gasteiger partial charge in [-0.3, -0.25) is 0 Å². The smallest absolute Gasteiger partial charge is 0.0143 e. The zero-order valence-corrected chi connectivity index (χ0v) is 16.2. The zero-order chi connectivity index (χ0) is 17.8. The third-order valence-electron chi connectivity index (χ3n) is 6.75. The first kappa shape index (κ1) is 16.4. The molecule has 0 spiro atoms. The van der Waals surface area contributed by atoms with E-state index >= 15 is 0 Å². The third kappa shape index (κ3) is 2.20. The number of aryl methyl sites for hydroxylation is 1. The highest BCUT2D eigenvalue weighted by atomic mass is 14.4. The van der Waals surface area contributed by atoms with Crippen LogP contribution < -0.4 is 10.4 Å². The molecular weight excluding hydrogens is 300 g/mol. The predicted octanol–water partition coefficient (Wildman–Crippen LogP) is 5.14. The van der Waals surface area contributed by atoms with Crippen molar-refractivity contribution in [3.05, 3.63) is 80.3 Å². The van der Waals surface area contributed by atoms with E-state index in [9.17, 15) is 0 Å². The summed E-state index contributed by atoms with van der Waals surface area (Å²) in [5.41, 5.74) is 10.6. The average Bonchev–Trinajstić information content (AvgIpc) is 3.27. The summed E-state index contributed by atoms with van der Waals surface area (Å²) in [5, 5.41) is 2.83. The maximum atomic E-state index is 2.46. The van der Waals surface area contributed by atoms with Gasteiger partial charge in [0.25, 0.3) is 0 Å². The first-order valence-electron chi connectivity index (χ1n) is 9.65. The average molecular weight is 328 g/mol. The molecule has 0 aliphatic heterocycles. The summed E-state index contributed by atoms with van der Waals surface area (Å²) in [6.07, 6.45) is 12.6. The summed E-state index contributed by atoms with van der Waals surface area (Å²) in [5.74, 6) is 0. The van der Waals surface area contributed by atoms with Crippen LogP contribution in [0.15, 0.2) is 64.3 Å². The fourth-order valence-electron chi connectivity index (χ4n) is 4.84. The van der Waals surface area contributed by atoms with E-state index in [-0.39, 0.29) is 5.41 Å². The van der Waals surface area contributed by atoms with Crippen LogP contribution in [0.3, 0.4) is 0 Å². The van der Waals surface area contributed by atoms with E-state index in [1.807, 2.05) is 0 Å². The van der Waals surface area contributed by atoms with Crippen molar-refractivity contribution in [1.29, 1.82) is 0 Å². The Balaban J connectivity index is 2.10. The molecule has 4 rings (SSSR count). The van der Waals surface area contributed by atoms with E-state index in [1.54, 1.807) is 5.57 Å². The second kappa shape index (κ2) is 5.73. The topological polar surface area (TPSA) is 0 Å². The van der Waals surface area contributed by atoms with Crippen LogP contribution in [-0.4, -0.2) is 0 Å². The van der Waals surface area contributed by atoms with E-state index in [0.717, 1.165) is 19.3 Å². The van der Waals surface area contributed by atoms with E-state index in [2.05, 4.69) is 77.1 Å². The van der Waals surface area contributed by atoms with Gasteiger partial charge >= 0.3 is 0 Å². The molecule has 0 fully saturated rings. The van der Waals surface area contributed by atoms with Crippen LogP contribution in [0, 0.1) is 5.41 Å². The molecule has 0 N–H and O–H groups in total. The lowest BCUT2D eigenvalue weighted by molar-refractivity contribution is 0.457. The van der Waals surface area contributed by atoms with Crippen LogP contribution in [0.1, 0.15) is 53.0 Å². The molecule has 1 atom stereocenters. The molecule has 3 aliphatic rings. The van der Waals surface area contributed by atoms with Crippen molar-refractivity contribution in [2.75, 3.05) is 0 Å². The van der Waals surface area contributed by atoms with Crippen LogP contribution in [0.4, 0.5) is 0 Å². The Labute approximate surface area is 151 Å². The molecular formula is C25H28. The minimum atomic E-state index is 0.132. The van der Waals surface area contributed by atoms with Crippen molar-refractivity contribution >= 4 is 11.6 Å². The molecule has 0 nitrogen and oxygen atoms in total. The Bertz CT molecular complexity index is 1000. The van der Waals surface area contributed by atoms with E-state index in [1.165, 1.54) is 43.9 Å². The molecule has 0 heterocycles. The minimum absolute atomic E-state index is 0.132. The quantitative estimate of drug-likeness (QED) is 0.720. The number of fused-ring (bicyclic) bond motifs is 2. The van der Waals surface area contributed by atoms with Crippen molar-refractivity contribution in [3.8, 4) is 0 Å². The maximum absolute atomic E-state index is 2.46. The van der Waals surface area contributed by atoms with Crippen molar-refractivity contribution in [1.82, 2.24) is 0 Å². The Morgan fingerprint density at radius 1 is 1.12 bits per heavy atom. The monoisotopic (exact) mass is 328 g/mol. The Morgan fingerprint density at radius 3 is 2.56 bits per heavy atom. The molecule has 0 saturated heterocycles. The van der Waals surface area contributed by atoms with Crippen LogP contribution in [0.2, 0.25) is 0 Å². The lowest BCUT2D eigenvalue weighted by Gasteiger charge is -2.40. The molecule has 1 aromatic carbocycles. The van der Waals surface area contributed by atoms with E-state index < -0.39 is 0 Å². The summed E-state index contributed by atoms with van der Waals surface area (Å²) in [7, 11) is 0. The molecule has 1 aromatic rings. The third-order valence-corrected chi connectivity index (χ3v) is 6.75. The lowest BCUT2D eigenvalue weighted by atomic mass is 9.63. The fraction of sp³-hybridized carbons (Fsp3) is 0.360. The van der Waals surface area contributed by atoms with Gasteiger partial charge in [-0.05, 0) is 83.1 Å². The highest BCUT2D eigenvalue weighted by Crippen LogP contribution is 2.53. The van der Waals surface area contributed by atoms with E-state index in [0.29, 0.717) is 0 Å². The molecule has 1 unspecified atom stereocenters. The maximum Gasteiger partial charge on any atom is 0.0143 e. The molecule has 0 amide bonds. The fourth-order valence-corrected chi connectivity index (χ4v) is 4.84. The van der Waals surface area contributed by atoms with Crippen LogP contribution in [0.25, 0.3) is 11.6 Å². The largest absolute Gasteiger partial charge is 0.0801 e. The Morgan fingerprint density at radius 2 is 1.92 bits per heavy atom. The summed E-state index contributed by atoms with van der Waals surface area (Å²) >= 11 is 0. The summed E-state index contributed by atoms with van der Waals surface area (Å²) in [4.78, 5) is 0. The highest BCUT2D eigenvalue weighted by Gasteiger charge is 2.39. The Kier molecular flexibility index (Phi) is 3.76. The molecule has 3 aliphatic carbocycles. The molecule has 0 bridgehead atoms. The minimum Gasteiger partial charge on any atom is -0.0801 e. The predicted molar refractivity (Wildman–Crippen MR) is 109 cm³/mol. The van der Waals surface area contributed by atoms with Crippen molar-refractivity contribution in [2.45, 2.75) is 53.9 Å².